The summed E-state index contributed by atoms with van der Waals surface area (Å²) in [6.45, 7) is 3.84. The van der Waals surface area contributed by atoms with Crippen LogP contribution in [0.1, 0.15) is 17.3 Å². The van der Waals surface area contributed by atoms with Crippen LogP contribution in [0.5, 0.6) is 0 Å². The number of esters is 1. The van der Waals surface area contributed by atoms with Crippen LogP contribution in [-0.4, -0.2) is 30.9 Å². The van der Waals surface area contributed by atoms with Crippen molar-refractivity contribution in [3.05, 3.63) is 28.6 Å². The quantitative estimate of drug-likeness (QED) is 0.673. The molecule has 1 heterocycles. The number of benzene rings is 1. The molecule has 0 aliphatic heterocycles. The summed E-state index contributed by atoms with van der Waals surface area (Å²) in [6, 6.07) is 5.33. The number of rotatable bonds is 5. The standard InChI is InChI=1S/C13H16N2O3S/c1-3-18-7-6-15-10-5-4-9(12(16)17-2)8-11(10)19-13(15)14/h4-5,8,14H,3,6-7H2,1-2H3. The van der Waals surface area contributed by atoms with Gasteiger partial charge in [0.05, 0.1) is 29.5 Å². The van der Waals surface area contributed by atoms with E-state index in [1.165, 1.54) is 18.4 Å². The molecule has 0 unspecified atom stereocenters. The van der Waals surface area contributed by atoms with Crippen LogP contribution >= 0.6 is 11.3 Å². The second-order valence-corrected chi connectivity index (χ2v) is 4.96. The van der Waals surface area contributed by atoms with Gasteiger partial charge in [-0.05, 0) is 25.1 Å². The molecule has 0 fully saturated rings. The second kappa shape index (κ2) is 5.99. The Morgan fingerprint density at radius 2 is 2.26 bits per heavy atom. The van der Waals surface area contributed by atoms with Gasteiger partial charge < -0.3 is 14.0 Å². The van der Waals surface area contributed by atoms with Crippen molar-refractivity contribution in [2.24, 2.45) is 0 Å². The molecule has 1 N–H and O–H groups in total. The Labute approximate surface area is 114 Å². The number of ether oxygens (including phenoxy) is 2. The maximum atomic E-state index is 11.5. The van der Waals surface area contributed by atoms with Crippen LogP contribution < -0.4 is 4.80 Å². The monoisotopic (exact) mass is 280 g/mol. The molecule has 19 heavy (non-hydrogen) atoms. The van der Waals surface area contributed by atoms with E-state index in [0.717, 1.165) is 10.2 Å². The summed E-state index contributed by atoms with van der Waals surface area (Å²) >= 11 is 1.35. The Bertz CT molecular complexity index is 645. The summed E-state index contributed by atoms with van der Waals surface area (Å²) in [5, 5.41) is 7.97. The van der Waals surface area contributed by atoms with Gasteiger partial charge in [0.25, 0.3) is 0 Å². The fourth-order valence-corrected chi connectivity index (χ4v) is 2.83. The van der Waals surface area contributed by atoms with Crippen molar-refractivity contribution in [1.29, 1.82) is 5.41 Å². The third kappa shape index (κ3) is 2.85. The molecule has 0 bridgehead atoms. The summed E-state index contributed by atoms with van der Waals surface area (Å²) in [6.07, 6.45) is 0. The van der Waals surface area contributed by atoms with Gasteiger partial charge in [-0.3, -0.25) is 5.41 Å². The first-order valence-electron chi connectivity index (χ1n) is 6.01. The van der Waals surface area contributed by atoms with Crippen LogP contribution in [0.3, 0.4) is 0 Å². The molecule has 0 amide bonds. The summed E-state index contributed by atoms with van der Waals surface area (Å²) in [4.78, 5) is 11.9. The highest BCUT2D eigenvalue weighted by molar-refractivity contribution is 7.16. The number of hydrogen-bond donors (Lipinski definition) is 1. The van der Waals surface area contributed by atoms with E-state index < -0.39 is 0 Å². The predicted octanol–water partition coefficient (Wildman–Crippen LogP) is 2.01. The average molecular weight is 280 g/mol. The number of nitrogens with one attached hydrogen (secondary N) is 1. The molecule has 0 saturated heterocycles. The van der Waals surface area contributed by atoms with E-state index in [0.29, 0.717) is 30.1 Å². The lowest BCUT2D eigenvalue weighted by Crippen LogP contribution is -2.16. The normalized spacial score (nSPS) is 10.8. The van der Waals surface area contributed by atoms with Gasteiger partial charge >= 0.3 is 5.97 Å². The maximum absolute atomic E-state index is 11.5. The molecule has 0 radical (unpaired) electrons. The number of methoxy groups -OCH3 is 1. The maximum Gasteiger partial charge on any atom is 0.337 e. The number of aromatic nitrogens is 1. The molecule has 2 rings (SSSR count). The average Bonchev–Trinajstić information content (AvgIpc) is 2.73. The molecule has 0 spiro atoms. The van der Waals surface area contributed by atoms with Crippen LogP contribution in [0.2, 0.25) is 0 Å². The zero-order chi connectivity index (χ0) is 13.8. The van der Waals surface area contributed by atoms with Gasteiger partial charge in [0, 0.05) is 13.2 Å². The van der Waals surface area contributed by atoms with Gasteiger partial charge in [-0.25, -0.2) is 4.79 Å². The number of carbonyl (C=O) groups is 1. The minimum Gasteiger partial charge on any atom is -0.465 e. The third-order valence-electron chi connectivity index (χ3n) is 2.79. The SMILES string of the molecule is CCOCCn1c(=N)sc2cc(C(=O)OC)ccc21. The first-order chi connectivity index (χ1) is 9.17. The topological polar surface area (TPSA) is 64.3 Å². The zero-order valence-corrected chi connectivity index (χ0v) is 11.8. The molecule has 0 atom stereocenters. The minimum atomic E-state index is -0.359. The first kappa shape index (κ1) is 13.8. The molecule has 102 valence electrons. The lowest BCUT2D eigenvalue weighted by molar-refractivity contribution is 0.0601. The van der Waals surface area contributed by atoms with Crippen molar-refractivity contribution in [2.45, 2.75) is 13.5 Å². The van der Waals surface area contributed by atoms with Crippen LogP contribution in [0.4, 0.5) is 0 Å². The van der Waals surface area contributed by atoms with Gasteiger partial charge in [-0.1, -0.05) is 11.3 Å². The van der Waals surface area contributed by atoms with Crippen molar-refractivity contribution in [3.63, 3.8) is 0 Å². The lowest BCUT2D eigenvalue weighted by Gasteiger charge is -2.05. The molecular weight excluding hydrogens is 264 g/mol. The van der Waals surface area contributed by atoms with E-state index in [1.807, 2.05) is 17.6 Å². The number of nitrogens with zero attached hydrogens (tertiary/aromatic N) is 1. The zero-order valence-electron chi connectivity index (χ0n) is 10.9. The highest BCUT2D eigenvalue weighted by atomic mass is 32.1. The van der Waals surface area contributed by atoms with E-state index in [4.69, 9.17) is 14.9 Å². The largest absolute Gasteiger partial charge is 0.465 e. The van der Waals surface area contributed by atoms with Gasteiger partial charge in [-0.2, -0.15) is 0 Å². The van der Waals surface area contributed by atoms with E-state index in [1.54, 1.807) is 12.1 Å². The van der Waals surface area contributed by atoms with Gasteiger partial charge in [-0.15, -0.1) is 0 Å². The number of hydrogen-bond acceptors (Lipinski definition) is 5. The summed E-state index contributed by atoms with van der Waals surface area (Å²) < 4.78 is 12.8. The highest BCUT2D eigenvalue weighted by Gasteiger charge is 2.10. The lowest BCUT2D eigenvalue weighted by atomic mass is 10.2. The Morgan fingerprint density at radius 3 is 2.95 bits per heavy atom. The summed E-state index contributed by atoms with van der Waals surface area (Å²) in [5.74, 6) is -0.359. The molecule has 2 aromatic rings. The Hall–Kier alpha value is -1.66. The van der Waals surface area contributed by atoms with Crippen LogP contribution in [0, 0.1) is 5.41 Å². The fraction of sp³-hybridized carbons (Fsp3) is 0.385. The van der Waals surface area contributed by atoms with E-state index in [2.05, 4.69) is 0 Å². The van der Waals surface area contributed by atoms with E-state index in [-0.39, 0.29) is 5.97 Å². The Morgan fingerprint density at radius 1 is 1.47 bits per heavy atom. The minimum absolute atomic E-state index is 0.359. The molecule has 1 aromatic carbocycles. The highest BCUT2D eigenvalue weighted by Crippen LogP contribution is 2.19. The number of thiazole rings is 1. The molecule has 6 heteroatoms. The van der Waals surface area contributed by atoms with E-state index in [9.17, 15) is 4.79 Å². The molecular formula is C13H16N2O3S. The van der Waals surface area contributed by atoms with Crippen molar-refractivity contribution in [3.8, 4) is 0 Å². The number of fused-ring (bicyclic) bond motifs is 1. The van der Waals surface area contributed by atoms with Crippen LogP contribution in [0.15, 0.2) is 18.2 Å². The molecule has 0 saturated carbocycles. The van der Waals surface area contributed by atoms with Crippen molar-refractivity contribution in [1.82, 2.24) is 4.57 Å². The van der Waals surface area contributed by atoms with Crippen molar-refractivity contribution in [2.75, 3.05) is 20.3 Å². The molecule has 5 nitrogen and oxygen atoms in total. The van der Waals surface area contributed by atoms with Gasteiger partial charge in [0.1, 0.15) is 0 Å². The van der Waals surface area contributed by atoms with Crippen LogP contribution in [0.25, 0.3) is 10.2 Å². The third-order valence-corrected chi connectivity index (χ3v) is 3.75. The van der Waals surface area contributed by atoms with Crippen molar-refractivity contribution >= 4 is 27.5 Å². The van der Waals surface area contributed by atoms with Crippen molar-refractivity contribution < 1.29 is 14.3 Å². The molecule has 1 aromatic heterocycles. The number of carbonyl (C=O) groups excluding carboxylic acids is 1. The van der Waals surface area contributed by atoms with Gasteiger partial charge in [0.2, 0.25) is 0 Å². The molecule has 0 aliphatic carbocycles. The Kier molecular flexibility index (Phi) is 4.34. The summed E-state index contributed by atoms with van der Waals surface area (Å²) in [7, 11) is 1.36. The predicted molar refractivity (Wildman–Crippen MR) is 73.5 cm³/mol. The molecule has 0 aliphatic rings. The second-order valence-electron chi connectivity index (χ2n) is 3.93. The van der Waals surface area contributed by atoms with Gasteiger partial charge in [0.15, 0.2) is 4.80 Å². The van der Waals surface area contributed by atoms with E-state index >= 15 is 0 Å². The van der Waals surface area contributed by atoms with Crippen LogP contribution in [-0.2, 0) is 16.0 Å². The first-order valence-corrected chi connectivity index (χ1v) is 6.83. The smallest absolute Gasteiger partial charge is 0.337 e. The fourth-order valence-electron chi connectivity index (χ4n) is 1.85. The summed E-state index contributed by atoms with van der Waals surface area (Å²) in [5.41, 5.74) is 1.45. The Balaban J connectivity index is 2.36.